The molecule has 1 N–H and O–H groups in total. The van der Waals surface area contributed by atoms with Crippen molar-refractivity contribution in [2.75, 3.05) is 19.7 Å². The van der Waals surface area contributed by atoms with Crippen LogP contribution >= 0.6 is 0 Å². The monoisotopic (exact) mass is 347 g/mol. The Morgan fingerprint density at radius 3 is 2.28 bits per heavy atom. The molecular formula is C20H29NO4. The summed E-state index contributed by atoms with van der Waals surface area (Å²) in [6.07, 6.45) is 8.32. The quantitative estimate of drug-likeness (QED) is 0.878. The van der Waals surface area contributed by atoms with Crippen LogP contribution in [0.25, 0.3) is 0 Å². The van der Waals surface area contributed by atoms with E-state index in [4.69, 9.17) is 9.47 Å². The maximum Gasteiger partial charge on any atom is 0.410 e. The highest BCUT2D eigenvalue weighted by Gasteiger charge is 2.33. The molecule has 0 radical (unpaired) electrons. The number of aliphatic hydroxyl groups excluding tert-OH is 1. The first-order chi connectivity index (χ1) is 12.2. The fourth-order valence-corrected chi connectivity index (χ4v) is 3.71. The molecule has 0 atom stereocenters. The second kappa shape index (κ2) is 8.56. The van der Waals surface area contributed by atoms with E-state index in [1.165, 1.54) is 12.8 Å². The van der Waals surface area contributed by atoms with Gasteiger partial charge in [0.15, 0.2) is 0 Å². The zero-order valence-corrected chi connectivity index (χ0v) is 14.9. The number of hydrogen-bond acceptors (Lipinski definition) is 4. The van der Waals surface area contributed by atoms with Crippen LogP contribution in [0.1, 0.15) is 56.9 Å². The molecule has 5 nitrogen and oxygen atoms in total. The van der Waals surface area contributed by atoms with Crippen LogP contribution in [-0.4, -0.2) is 41.4 Å². The largest absolute Gasteiger partial charge is 0.485 e. The fraction of sp³-hybridized carbons (Fsp3) is 0.650. The number of nitrogens with zero attached hydrogens (tertiary/aromatic N) is 1. The minimum atomic E-state index is -0.430. The van der Waals surface area contributed by atoms with Crippen LogP contribution in [0, 0.1) is 0 Å². The van der Waals surface area contributed by atoms with Crippen molar-refractivity contribution in [2.24, 2.45) is 0 Å². The number of hydrogen-bond donors (Lipinski definition) is 1. The van der Waals surface area contributed by atoms with Gasteiger partial charge in [-0.3, -0.25) is 0 Å². The summed E-state index contributed by atoms with van der Waals surface area (Å²) in [6, 6.07) is 7.64. The molecule has 25 heavy (non-hydrogen) atoms. The van der Waals surface area contributed by atoms with Gasteiger partial charge in [0, 0.05) is 13.1 Å². The van der Waals surface area contributed by atoms with Crippen LogP contribution < -0.4 is 4.74 Å². The number of rotatable bonds is 5. The third-order valence-electron chi connectivity index (χ3n) is 5.29. The molecule has 1 saturated carbocycles. The van der Waals surface area contributed by atoms with Crippen molar-refractivity contribution >= 4 is 6.09 Å². The standard InChI is InChI=1S/C20H29NO4/c22-16-20(11-3-1-4-12-20)25-18-9-7-17(8-10-18)15-24-19(23)21-13-5-2-6-14-21/h7-10,22H,1-6,11-16H2. The average Bonchev–Trinajstić information content (AvgIpc) is 2.68. The summed E-state index contributed by atoms with van der Waals surface area (Å²) in [5, 5.41) is 9.74. The molecule has 2 aliphatic rings. The van der Waals surface area contributed by atoms with Gasteiger partial charge in [-0.05, 0) is 62.6 Å². The lowest BCUT2D eigenvalue weighted by Crippen LogP contribution is -2.41. The Hall–Kier alpha value is -1.75. The predicted molar refractivity (Wildman–Crippen MR) is 95.6 cm³/mol. The molecule has 0 aromatic heterocycles. The summed E-state index contributed by atoms with van der Waals surface area (Å²) in [5.74, 6) is 0.766. The molecule has 1 saturated heterocycles. The van der Waals surface area contributed by atoms with Gasteiger partial charge in [0.05, 0.1) is 6.61 Å². The molecule has 0 spiro atoms. The van der Waals surface area contributed by atoms with Crippen molar-refractivity contribution in [2.45, 2.75) is 63.6 Å². The van der Waals surface area contributed by atoms with Crippen LogP contribution in [0.5, 0.6) is 5.75 Å². The summed E-state index contributed by atoms with van der Waals surface area (Å²) < 4.78 is 11.5. The third-order valence-corrected chi connectivity index (χ3v) is 5.29. The van der Waals surface area contributed by atoms with Gasteiger partial charge in [-0.2, -0.15) is 0 Å². The first-order valence-electron chi connectivity index (χ1n) is 9.51. The second-order valence-electron chi connectivity index (χ2n) is 7.25. The molecule has 1 aromatic carbocycles. The van der Waals surface area contributed by atoms with E-state index in [-0.39, 0.29) is 19.3 Å². The summed E-state index contributed by atoms with van der Waals surface area (Å²) in [7, 11) is 0. The lowest BCUT2D eigenvalue weighted by molar-refractivity contribution is -0.0198. The highest BCUT2D eigenvalue weighted by atomic mass is 16.6. The average molecular weight is 347 g/mol. The summed E-state index contributed by atoms with van der Waals surface area (Å²) in [5.41, 5.74) is 0.514. The number of ether oxygens (including phenoxy) is 2. The Morgan fingerprint density at radius 1 is 1.00 bits per heavy atom. The number of benzene rings is 1. The summed E-state index contributed by atoms with van der Waals surface area (Å²) in [6.45, 7) is 1.94. The van der Waals surface area contributed by atoms with Gasteiger partial charge in [-0.1, -0.05) is 18.6 Å². The number of aliphatic hydroxyl groups is 1. The van der Waals surface area contributed by atoms with E-state index in [0.717, 1.165) is 62.9 Å². The van der Waals surface area contributed by atoms with Crippen LogP contribution in [-0.2, 0) is 11.3 Å². The molecule has 1 aromatic rings. The Bertz CT molecular complexity index is 545. The minimum absolute atomic E-state index is 0.0577. The van der Waals surface area contributed by atoms with E-state index in [0.29, 0.717) is 0 Å². The predicted octanol–water partition coefficient (Wildman–Crippen LogP) is 3.88. The van der Waals surface area contributed by atoms with Crippen LogP contribution in [0.4, 0.5) is 4.79 Å². The highest BCUT2D eigenvalue weighted by molar-refractivity contribution is 5.67. The number of carbonyl (C=O) groups is 1. The summed E-state index contributed by atoms with van der Waals surface area (Å²) in [4.78, 5) is 13.8. The molecule has 1 amide bonds. The fourth-order valence-electron chi connectivity index (χ4n) is 3.71. The van der Waals surface area contributed by atoms with E-state index in [1.54, 1.807) is 4.90 Å². The molecule has 138 valence electrons. The maximum absolute atomic E-state index is 12.0. The SMILES string of the molecule is O=C(OCc1ccc(OC2(CO)CCCCC2)cc1)N1CCCCC1. The van der Waals surface area contributed by atoms with Crippen LogP contribution in [0.15, 0.2) is 24.3 Å². The summed E-state index contributed by atoms with van der Waals surface area (Å²) >= 11 is 0. The Labute approximate surface area is 149 Å². The van der Waals surface area contributed by atoms with Crippen LogP contribution in [0.2, 0.25) is 0 Å². The number of likely N-dealkylation sites (tertiary alicyclic amines) is 1. The molecular weight excluding hydrogens is 318 g/mol. The normalized spacial score (nSPS) is 20.1. The van der Waals surface area contributed by atoms with Gasteiger partial charge < -0.3 is 19.5 Å². The van der Waals surface area contributed by atoms with Gasteiger partial charge in [0.25, 0.3) is 0 Å². The van der Waals surface area contributed by atoms with Crippen molar-refractivity contribution in [3.05, 3.63) is 29.8 Å². The molecule has 1 heterocycles. The van der Waals surface area contributed by atoms with Crippen molar-refractivity contribution < 1.29 is 19.4 Å². The maximum atomic E-state index is 12.0. The van der Waals surface area contributed by atoms with Crippen LogP contribution in [0.3, 0.4) is 0 Å². The Balaban J connectivity index is 1.50. The third kappa shape index (κ3) is 4.88. The molecule has 5 heteroatoms. The van der Waals surface area contributed by atoms with Crippen molar-refractivity contribution in [3.8, 4) is 5.75 Å². The lowest BCUT2D eigenvalue weighted by atomic mass is 9.85. The van der Waals surface area contributed by atoms with Gasteiger partial charge in [-0.25, -0.2) is 4.79 Å². The number of carbonyl (C=O) groups excluding carboxylic acids is 1. The highest BCUT2D eigenvalue weighted by Crippen LogP contribution is 2.32. The molecule has 0 unspecified atom stereocenters. The Kier molecular flexibility index (Phi) is 6.19. The number of piperidine rings is 1. The molecule has 1 aliphatic heterocycles. The van der Waals surface area contributed by atoms with Crippen molar-refractivity contribution in [3.63, 3.8) is 0 Å². The first-order valence-corrected chi connectivity index (χ1v) is 9.51. The topological polar surface area (TPSA) is 59.0 Å². The van der Waals surface area contributed by atoms with E-state index in [2.05, 4.69) is 0 Å². The van der Waals surface area contributed by atoms with Crippen molar-refractivity contribution in [1.29, 1.82) is 0 Å². The van der Waals surface area contributed by atoms with Crippen molar-refractivity contribution in [1.82, 2.24) is 4.90 Å². The second-order valence-corrected chi connectivity index (χ2v) is 7.25. The molecule has 2 fully saturated rings. The smallest absolute Gasteiger partial charge is 0.410 e. The number of amides is 1. The van der Waals surface area contributed by atoms with E-state index in [9.17, 15) is 9.90 Å². The van der Waals surface area contributed by atoms with E-state index < -0.39 is 5.60 Å². The zero-order valence-electron chi connectivity index (χ0n) is 14.9. The Morgan fingerprint density at radius 2 is 1.64 bits per heavy atom. The van der Waals surface area contributed by atoms with E-state index >= 15 is 0 Å². The van der Waals surface area contributed by atoms with Gasteiger partial charge in [0.1, 0.15) is 18.0 Å². The van der Waals surface area contributed by atoms with Gasteiger partial charge >= 0.3 is 6.09 Å². The minimum Gasteiger partial charge on any atom is -0.485 e. The lowest BCUT2D eigenvalue weighted by Gasteiger charge is -2.36. The molecule has 0 bridgehead atoms. The zero-order chi connectivity index (χ0) is 17.5. The van der Waals surface area contributed by atoms with E-state index in [1.807, 2.05) is 24.3 Å². The molecule has 1 aliphatic carbocycles. The van der Waals surface area contributed by atoms with Gasteiger partial charge in [-0.15, -0.1) is 0 Å². The van der Waals surface area contributed by atoms with Gasteiger partial charge in [0.2, 0.25) is 0 Å². The molecule has 3 rings (SSSR count). The first kappa shape index (κ1) is 18.1.